The van der Waals surface area contributed by atoms with Gasteiger partial charge < -0.3 is 5.11 Å². The largest absolute Gasteiger partial charge is 0.391 e. The highest BCUT2D eigenvalue weighted by atomic mass is 16.3. The lowest BCUT2D eigenvalue weighted by Crippen LogP contribution is -2.57. The highest BCUT2D eigenvalue weighted by molar-refractivity contribution is 5.15. The lowest BCUT2D eigenvalue weighted by Gasteiger charge is -2.43. The quantitative estimate of drug-likeness (QED) is 0.853. The second-order valence-electron chi connectivity index (χ2n) is 5.72. The molecule has 4 rings (SSSR count). The molecule has 1 N–H and O–H groups in total. The highest BCUT2D eigenvalue weighted by Crippen LogP contribution is 2.28. The molecule has 3 heteroatoms. The molecule has 2 bridgehead atoms. The van der Waals surface area contributed by atoms with E-state index in [4.69, 9.17) is 0 Å². The van der Waals surface area contributed by atoms with Gasteiger partial charge in [0.15, 0.2) is 0 Å². The predicted octanol–water partition coefficient (Wildman–Crippen LogP) is 1.33. The van der Waals surface area contributed by atoms with Gasteiger partial charge in [0, 0.05) is 31.7 Å². The van der Waals surface area contributed by atoms with Crippen LogP contribution in [0.2, 0.25) is 0 Å². The Morgan fingerprint density at radius 2 is 1.94 bits per heavy atom. The summed E-state index contributed by atoms with van der Waals surface area (Å²) in [5, 5.41) is 10.2. The second kappa shape index (κ2) is 5.00. The summed E-state index contributed by atoms with van der Waals surface area (Å²) in [5.74, 6) is 0. The molecule has 3 aliphatic heterocycles. The van der Waals surface area contributed by atoms with E-state index in [1.165, 1.54) is 5.56 Å². The van der Waals surface area contributed by atoms with E-state index in [0.29, 0.717) is 12.1 Å². The first-order chi connectivity index (χ1) is 8.74. The maximum Gasteiger partial charge on any atom is 0.0708 e. The van der Waals surface area contributed by atoms with Gasteiger partial charge in [0.25, 0.3) is 0 Å². The van der Waals surface area contributed by atoms with Crippen molar-refractivity contribution in [3.05, 3.63) is 35.9 Å². The molecule has 0 unspecified atom stereocenters. The van der Waals surface area contributed by atoms with Crippen molar-refractivity contribution in [2.45, 2.75) is 37.6 Å². The third kappa shape index (κ3) is 2.30. The molecule has 3 saturated heterocycles. The number of hydrogen-bond acceptors (Lipinski definition) is 3. The summed E-state index contributed by atoms with van der Waals surface area (Å²) in [6, 6.07) is 11.6. The minimum Gasteiger partial charge on any atom is -0.391 e. The van der Waals surface area contributed by atoms with Crippen LogP contribution in [-0.2, 0) is 6.54 Å². The summed E-state index contributed by atoms with van der Waals surface area (Å²) in [4.78, 5) is 4.89. The van der Waals surface area contributed by atoms with Crippen LogP contribution < -0.4 is 0 Å². The second-order valence-corrected chi connectivity index (χ2v) is 5.72. The Labute approximate surface area is 109 Å². The van der Waals surface area contributed by atoms with Gasteiger partial charge in [-0.25, -0.2) is 0 Å². The molecule has 0 aromatic heterocycles. The van der Waals surface area contributed by atoms with Crippen LogP contribution in [0.15, 0.2) is 30.3 Å². The van der Waals surface area contributed by atoms with Crippen LogP contribution in [0.1, 0.15) is 18.4 Å². The SMILES string of the molecule is CN1C[C@@H]2CC[C@@H](O)[C@H]1CN2Cc1ccccc1. The van der Waals surface area contributed by atoms with Gasteiger partial charge in [0.05, 0.1) is 6.10 Å². The maximum absolute atomic E-state index is 10.2. The molecule has 1 aromatic carbocycles. The molecule has 1 aromatic rings. The summed E-state index contributed by atoms with van der Waals surface area (Å²) in [6.07, 6.45) is 1.92. The van der Waals surface area contributed by atoms with Crippen molar-refractivity contribution in [1.82, 2.24) is 9.80 Å². The van der Waals surface area contributed by atoms with Gasteiger partial charge in [-0.1, -0.05) is 30.3 Å². The zero-order valence-corrected chi connectivity index (χ0v) is 11.0. The van der Waals surface area contributed by atoms with Gasteiger partial charge in [0.1, 0.15) is 0 Å². The van der Waals surface area contributed by atoms with Gasteiger partial charge >= 0.3 is 0 Å². The number of nitrogens with zero attached hydrogens (tertiary/aromatic N) is 2. The number of aliphatic hydroxyl groups excluding tert-OH is 1. The third-order valence-electron chi connectivity index (χ3n) is 4.47. The van der Waals surface area contributed by atoms with Crippen LogP contribution in [0.25, 0.3) is 0 Å². The molecule has 0 radical (unpaired) electrons. The van der Waals surface area contributed by atoms with Crippen LogP contribution in [-0.4, -0.2) is 53.2 Å². The molecule has 3 fully saturated rings. The van der Waals surface area contributed by atoms with E-state index >= 15 is 0 Å². The molecule has 0 aliphatic carbocycles. The maximum atomic E-state index is 10.2. The Morgan fingerprint density at radius 3 is 2.72 bits per heavy atom. The molecule has 0 amide bonds. The average molecular weight is 246 g/mol. The fourth-order valence-electron chi connectivity index (χ4n) is 3.37. The van der Waals surface area contributed by atoms with Crippen molar-refractivity contribution in [2.24, 2.45) is 0 Å². The fraction of sp³-hybridized carbons (Fsp3) is 0.600. The monoisotopic (exact) mass is 246 g/mol. The van der Waals surface area contributed by atoms with E-state index in [1.807, 2.05) is 0 Å². The Balaban J connectivity index is 1.75. The van der Waals surface area contributed by atoms with Crippen LogP contribution in [0.3, 0.4) is 0 Å². The molecule has 3 aliphatic rings. The summed E-state index contributed by atoms with van der Waals surface area (Å²) >= 11 is 0. The van der Waals surface area contributed by atoms with E-state index in [9.17, 15) is 5.11 Å². The zero-order chi connectivity index (χ0) is 12.5. The topological polar surface area (TPSA) is 26.7 Å². The van der Waals surface area contributed by atoms with Crippen molar-refractivity contribution in [3.63, 3.8) is 0 Å². The first-order valence-corrected chi connectivity index (χ1v) is 6.90. The Morgan fingerprint density at radius 1 is 1.17 bits per heavy atom. The third-order valence-corrected chi connectivity index (χ3v) is 4.47. The van der Waals surface area contributed by atoms with Crippen LogP contribution >= 0.6 is 0 Å². The number of fused-ring (bicyclic) bond motifs is 4. The molecule has 3 nitrogen and oxygen atoms in total. The summed E-state index contributed by atoms with van der Waals surface area (Å²) in [5.41, 5.74) is 1.38. The highest BCUT2D eigenvalue weighted by Gasteiger charge is 2.39. The summed E-state index contributed by atoms with van der Waals surface area (Å²) in [6.45, 7) is 3.11. The molecule has 3 atom stereocenters. The van der Waals surface area contributed by atoms with E-state index in [1.54, 1.807) is 0 Å². The molecule has 18 heavy (non-hydrogen) atoms. The number of likely N-dealkylation sites (N-methyl/N-ethyl adjacent to an activating group) is 1. The van der Waals surface area contributed by atoms with Crippen molar-refractivity contribution < 1.29 is 5.11 Å². The first-order valence-electron chi connectivity index (χ1n) is 6.90. The molecule has 98 valence electrons. The molecule has 3 heterocycles. The number of aliphatic hydroxyl groups is 1. The predicted molar refractivity (Wildman–Crippen MR) is 72.3 cm³/mol. The van der Waals surface area contributed by atoms with Gasteiger partial charge in [-0.05, 0) is 25.5 Å². The van der Waals surface area contributed by atoms with Crippen molar-refractivity contribution >= 4 is 0 Å². The van der Waals surface area contributed by atoms with E-state index < -0.39 is 0 Å². The summed E-state index contributed by atoms with van der Waals surface area (Å²) in [7, 11) is 2.14. The van der Waals surface area contributed by atoms with E-state index in [2.05, 4.69) is 47.2 Å². The fourth-order valence-corrected chi connectivity index (χ4v) is 3.37. The smallest absolute Gasteiger partial charge is 0.0708 e. The normalized spacial score (nSPS) is 33.6. The minimum atomic E-state index is -0.152. The minimum absolute atomic E-state index is 0.152. The standard InChI is InChI=1S/C15H22N2O/c1-16-10-13-7-8-15(18)14(16)11-17(13)9-12-5-3-2-4-6-12/h2-6,13-15,18H,7-11H2,1H3/t13-,14+,15+/m0/s1. The van der Waals surface area contributed by atoms with Gasteiger partial charge in [-0.15, -0.1) is 0 Å². The van der Waals surface area contributed by atoms with Crippen LogP contribution in [0, 0.1) is 0 Å². The van der Waals surface area contributed by atoms with E-state index in [0.717, 1.165) is 32.5 Å². The zero-order valence-electron chi connectivity index (χ0n) is 11.0. The van der Waals surface area contributed by atoms with Gasteiger partial charge in [0.2, 0.25) is 0 Å². The number of hydrogen-bond donors (Lipinski definition) is 1. The first kappa shape index (κ1) is 12.2. The number of rotatable bonds is 2. The number of benzene rings is 1. The summed E-state index contributed by atoms with van der Waals surface area (Å²) < 4.78 is 0. The Kier molecular flexibility index (Phi) is 3.37. The van der Waals surface area contributed by atoms with Gasteiger partial charge in [-0.3, -0.25) is 9.80 Å². The van der Waals surface area contributed by atoms with Crippen LogP contribution in [0.5, 0.6) is 0 Å². The molecular weight excluding hydrogens is 224 g/mol. The Bertz CT molecular complexity index is 391. The van der Waals surface area contributed by atoms with Crippen LogP contribution in [0.4, 0.5) is 0 Å². The van der Waals surface area contributed by atoms with E-state index in [-0.39, 0.29) is 6.10 Å². The number of piperazine rings is 1. The van der Waals surface area contributed by atoms with Crippen molar-refractivity contribution in [2.75, 3.05) is 20.1 Å². The lowest BCUT2D eigenvalue weighted by molar-refractivity contribution is 0.00734. The Hall–Kier alpha value is -0.900. The lowest BCUT2D eigenvalue weighted by atomic mass is 10.1. The van der Waals surface area contributed by atoms with Crippen molar-refractivity contribution in [1.29, 1.82) is 0 Å². The average Bonchev–Trinajstić information content (AvgIpc) is 2.61. The molecule has 0 saturated carbocycles. The van der Waals surface area contributed by atoms with Crippen molar-refractivity contribution in [3.8, 4) is 0 Å². The van der Waals surface area contributed by atoms with Gasteiger partial charge in [-0.2, -0.15) is 0 Å². The molecule has 0 spiro atoms. The molecular formula is C15H22N2O.